The molecule has 0 bridgehead atoms. The zero-order chi connectivity index (χ0) is 19.7. The first-order valence-corrected chi connectivity index (χ1v) is 8.96. The first-order chi connectivity index (χ1) is 13.6. The van der Waals surface area contributed by atoms with E-state index in [1.54, 1.807) is 4.90 Å². The Hall–Kier alpha value is -3.06. The van der Waals surface area contributed by atoms with Gasteiger partial charge < -0.3 is 14.6 Å². The first-order valence-electron chi connectivity index (χ1n) is 8.96. The number of H-pyrrole nitrogens is 1. The van der Waals surface area contributed by atoms with E-state index >= 15 is 0 Å². The summed E-state index contributed by atoms with van der Waals surface area (Å²) >= 11 is 0. The summed E-state index contributed by atoms with van der Waals surface area (Å²) in [7, 11) is 1.51. The maximum atomic E-state index is 14.1. The highest BCUT2D eigenvalue weighted by Gasteiger charge is 2.30. The summed E-state index contributed by atoms with van der Waals surface area (Å²) in [4.78, 5) is 22.2. The molecule has 5 nitrogen and oxygen atoms in total. The van der Waals surface area contributed by atoms with Crippen molar-refractivity contribution < 1.29 is 18.3 Å². The van der Waals surface area contributed by atoms with E-state index in [0.29, 0.717) is 25.3 Å². The van der Waals surface area contributed by atoms with Crippen LogP contribution >= 0.6 is 0 Å². The number of fused-ring (bicyclic) bond motifs is 1. The lowest BCUT2D eigenvalue weighted by Crippen LogP contribution is -2.39. The number of imidazole rings is 1. The summed E-state index contributed by atoms with van der Waals surface area (Å²) in [6, 6.07) is 12.7. The molecule has 0 radical (unpaired) electrons. The van der Waals surface area contributed by atoms with Crippen LogP contribution in [0, 0.1) is 11.6 Å². The molecule has 2 heterocycles. The van der Waals surface area contributed by atoms with Crippen LogP contribution in [0.25, 0.3) is 11.4 Å². The minimum absolute atomic E-state index is 0.136. The molecule has 0 spiro atoms. The van der Waals surface area contributed by atoms with Crippen LogP contribution in [-0.4, -0.2) is 34.4 Å². The fourth-order valence-electron chi connectivity index (χ4n) is 3.46. The molecule has 28 heavy (non-hydrogen) atoms. The minimum atomic E-state index is -0.681. The number of amides is 1. The van der Waals surface area contributed by atoms with E-state index in [1.165, 1.54) is 19.2 Å². The molecule has 4 rings (SSSR count). The third-order valence-corrected chi connectivity index (χ3v) is 4.89. The van der Waals surface area contributed by atoms with E-state index in [2.05, 4.69) is 9.97 Å². The average molecular weight is 383 g/mol. The Bertz CT molecular complexity index is 1000. The lowest BCUT2D eigenvalue weighted by molar-refractivity contribution is -0.143. The highest BCUT2D eigenvalue weighted by molar-refractivity contribution is 5.82. The molecule has 1 atom stereocenters. The molecule has 7 heteroatoms. The monoisotopic (exact) mass is 383 g/mol. The van der Waals surface area contributed by atoms with Gasteiger partial charge in [-0.2, -0.15) is 0 Å². The van der Waals surface area contributed by atoms with Gasteiger partial charge in [-0.05, 0) is 17.7 Å². The summed E-state index contributed by atoms with van der Waals surface area (Å²) in [5, 5.41) is 0. The van der Waals surface area contributed by atoms with Gasteiger partial charge >= 0.3 is 0 Å². The van der Waals surface area contributed by atoms with Gasteiger partial charge in [0, 0.05) is 26.1 Å². The Morgan fingerprint density at radius 2 is 2.00 bits per heavy atom. The lowest BCUT2D eigenvalue weighted by Gasteiger charge is -2.29. The Morgan fingerprint density at radius 1 is 1.21 bits per heavy atom. The van der Waals surface area contributed by atoms with E-state index in [-0.39, 0.29) is 11.5 Å². The van der Waals surface area contributed by atoms with Gasteiger partial charge in [0.05, 0.1) is 23.5 Å². The van der Waals surface area contributed by atoms with Crippen LogP contribution in [-0.2, 0) is 22.5 Å². The minimum Gasteiger partial charge on any atom is -0.367 e. The van der Waals surface area contributed by atoms with Crippen LogP contribution in [0.15, 0.2) is 48.5 Å². The first kappa shape index (κ1) is 18.3. The number of carbonyl (C=O) groups excluding carboxylic acids is 1. The van der Waals surface area contributed by atoms with Crippen LogP contribution in [0.5, 0.6) is 0 Å². The number of carbonyl (C=O) groups is 1. The Balaban J connectivity index is 1.56. The molecular weight excluding hydrogens is 364 g/mol. The van der Waals surface area contributed by atoms with Crippen LogP contribution in [0.1, 0.15) is 23.1 Å². The average Bonchev–Trinajstić information content (AvgIpc) is 3.12. The number of rotatable bonds is 4. The van der Waals surface area contributed by atoms with E-state index in [1.807, 2.05) is 30.3 Å². The van der Waals surface area contributed by atoms with Gasteiger partial charge in [-0.25, -0.2) is 13.8 Å². The molecule has 1 aliphatic heterocycles. The summed E-state index contributed by atoms with van der Waals surface area (Å²) in [6.45, 7) is 0.825. The topological polar surface area (TPSA) is 58.2 Å². The highest BCUT2D eigenvalue weighted by atomic mass is 19.1. The van der Waals surface area contributed by atoms with Crippen LogP contribution < -0.4 is 0 Å². The van der Waals surface area contributed by atoms with Crippen molar-refractivity contribution in [3.05, 3.63) is 77.1 Å². The van der Waals surface area contributed by atoms with Crippen molar-refractivity contribution in [1.29, 1.82) is 0 Å². The molecule has 0 aliphatic carbocycles. The third-order valence-electron chi connectivity index (χ3n) is 4.89. The van der Waals surface area contributed by atoms with Gasteiger partial charge in [0.2, 0.25) is 0 Å². The Kier molecular flexibility index (Phi) is 4.92. The molecule has 0 saturated carbocycles. The van der Waals surface area contributed by atoms with Crippen molar-refractivity contribution in [2.45, 2.75) is 19.1 Å². The molecule has 1 aliphatic rings. The van der Waals surface area contributed by atoms with Crippen molar-refractivity contribution in [3.8, 4) is 11.4 Å². The van der Waals surface area contributed by atoms with Crippen molar-refractivity contribution in [3.63, 3.8) is 0 Å². The molecule has 1 amide bonds. The van der Waals surface area contributed by atoms with Crippen molar-refractivity contribution >= 4 is 5.91 Å². The molecule has 2 aromatic carbocycles. The number of methoxy groups -OCH3 is 1. The largest absolute Gasteiger partial charge is 0.367 e. The van der Waals surface area contributed by atoms with Crippen LogP contribution in [0.2, 0.25) is 0 Å². The Morgan fingerprint density at radius 3 is 2.71 bits per heavy atom. The van der Waals surface area contributed by atoms with Gasteiger partial charge in [-0.1, -0.05) is 30.3 Å². The van der Waals surface area contributed by atoms with Crippen molar-refractivity contribution in [1.82, 2.24) is 14.9 Å². The second-order valence-corrected chi connectivity index (χ2v) is 6.67. The number of nitrogens with zero attached hydrogens (tertiary/aromatic N) is 2. The zero-order valence-corrected chi connectivity index (χ0v) is 15.3. The molecular formula is C21H19F2N3O2. The van der Waals surface area contributed by atoms with Crippen molar-refractivity contribution in [2.75, 3.05) is 13.7 Å². The number of benzene rings is 2. The Labute approximate surface area is 161 Å². The van der Waals surface area contributed by atoms with Gasteiger partial charge in [0.1, 0.15) is 17.5 Å². The third kappa shape index (κ3) is 3.41. The number of nitrogens with one attached hydrogen (secondary N) is 1. The molecule has 3 aromatic rings. The van der Waals surface area contributed by atoms with Crippen molar-refractivity contribution in [2.24, 2.45) is 0 Å². The number of halogens is 2. The SMILES string of the molecule is CO[C@H](C(=O)N1CCc2nc(-c3ccc(F)cc3F)[nH]c2C1)c1ccccc1. The summed E-state index contributed by atoms with van der Waals surface area (Å²) in [5.41, 5.74) is 2.53. The summed E-state index contributed by atoms with van der Waals surface area (Å²) < 4.78 is 32.7. The summed E-state index contributed by atoms with van der Waals surface area (Å²) in [6.07, 6.45) is -0.134. The molecule has 0 unspecified atom stereocenters. The second kappa shape index (κ2) is 7.52. The lowest BCUT2D eigenvalue weighted by atomic mass is 10.1. The quantitative estimate of drug-likeness (QED) is 0.749. The molecule has 1 aromatic heterocycles. The molecule has 0 saturated heterocycles. The molecule has 1 N–H and O–H groups in total. The fraction of sp³-hybridized carbons (Fsp3) is 0.238. The number of aromatic amines is 1. The van der Waals surface area contributed by atoms with Crippen LogP contribution in [0.4, 0.5) is 8.78 Å². The number of hydrogen-bond donors (Lipinski definition) is 1. The highest BCUT2D eigenvalue weighted by Crippen LogP contribution is 2.27. The fourth-order valence-corrected chi connectivity index (χ4v) is 3.46. The zero-order valence-electron chi connectivity index (χ0n) is 15.3. The van der Waals surface area contributed by atoms with Gasteiger partial charge in [0.15, 0.2) is 6.10 Å². The van der Waals surface area contributed by atoms with E-state index in [9.17, 15) is 13.6 Å². The predicted molar refractivity (Wildman–Crippen MR) is 99.3 cm³/mol. The number of hydrogen-bond acceptors (Lipinski definition) is 3. The van der Waals surface area contributed by atoms with Gasteiger partial charge in [-0.15, -0.1) is 0 Å². The standard InChI is InChI=1S/C21H19F2N3O2/c1-28-19(13-5-3-2-4-6-13)21(27)26-10-9-17-18(12-26)25-20(24-17)15-8-7-14(22)11-16(15)23/h2-8,11,19H,9-10,12H2,1H3,(H,24,25)/t19-/m0/s1. The van der Waals surface area contributed by atoms with Gasteiger partial charge in [-0.3, -0.25) is 4.79 Å². The van der Waals surface area contributed by atoms with E-state index in [4.69, 9.17) is 4.74 Å². The normalized spacial score (nSPS) is 14.6. The number of ether oxygens (including phenoxy) is 1. The molecule has 0 fully saturated rings. The van der Waals surface area contributed by atoms with Gasteiger partial charge in [0.25, 0.3) is 5.91 Å². The van der Waals surface area contributed by atoms with Crippen LogP contribution in [0.3, 0.4) is 0 Å². The smallest absolute Gasteiger partial charge is 0.256 e. The molecule has 144 valence electrons. The maximum absolute atomic E-state index is 14.1. The van der Waals surface area contributed by atoms with E-state index < -0.39 is 17.7 Å². The summed E-state index contributed by atoms with van der Waals surface area (Å²) in [5.74, 6) is -1.12. The van der Waals surface area contributed by atoms with E-state index in [0.717, 1.165) is 23.0 Å². The number of aromatic nitrogens is 2. The maximum Gasteiger partial charge on any atom is 0.256 e. The second-order valence-electron chi connectivity index (χ2n) is 6.67. The predicted octanol–water partition coefficient (Wildman–Crippen LogP) is 3.63.